The number of hydrogen-bond acceptors (Lipinski definition) is 2. The standard InChI is InChI=1S/C18H30N2O2/c1-13-7-9-16(10-8-13)15(3)20(6)17(22)19-12-18(4,5)11-14(2)21/h7-10,14-15,21H,11-12H2,1-6H3,(H,19,22). The minimum Gasteiger partial charge on any atom is -0.393 e. The first-order valence-electron chi connectivity index (χ1n) is 7.87. The molecular weight excluding hydrogens is 276 g/mol. The number of urea groups is 1. The Morgan fingerprint density at radius 2 is 1.82 bits per heavy atom. The lowest BCUT2D eigenvalue weighted by Crippen LogP contribution is -2.43. The van der Waals surface area contributed by atoms with E-state index in [-0.39, 0.29) is 23.6 Å². The molecule has 4 heteroatoms. The van der Waals surface area contributed by atoms with Gasteiger partial charge in [0.2, 0.25) is 0 Å². The molecule has 1 aromatic rings. The number of aliphatic hydroxyl groups is 1. The third kappa shape index (κ3) is 5.68. The fraction of sp³-hybridized carbons (Fsp3) is 0.611. The molecule has 2 N–H and O–H groups in total. The van der Waals surface area contributed by atoms with Gasteiger partial charge in [0.15, 0.2) is 0 Å². The van der Waals surface area contributed by atoms with Gasteiger partial charge in [-0.05, 0) is 38.2 Å². The average Bonchev–Trinajstić information content (AvgIpc) is 2.42. The summed E-state index contributed by atoms with van der Waals surface area (Å²) in [5.41, 5.74) is 2.20. The van der Waals surface area contributed by atoms with Crippen LogP contribution in [0.4, 0.5) is 4.79 Å². The van der Waals surface area contributed by atoms with E-state index in [1.54, 1.807) is 11.8 Å². The normalized spacial score (nSPS) is 14.3. The van der Waals surface area contributed by atoms with Crippen LogP contribution in [0.5, 0.6) is 0 Å². The smallest absolute Gasteiger partial charge is 0.317 e. The van der Waals surface area contributed by atoms with E-state index in [0.29, 0.717) is 13.0 Å². The number of carbonyl (C=O) groups excluding carboxylic acids is 1. The molecule has 0 aromatic heterocycles. The number of nitrogens with zero attached hydrogens (tertiary/aromatic N) is 1. The van der Waals surface area contributed by atoms with Crippen molar-refractivity contribution in [1.29, 1.82) is 0 Å². The van der Waals surface area contributed by atoms with Crippen molar-refractivity contribution < 1.29 is 9.90 Å². The van der Waals surface area contributed by atoms with E-state index in [2.05, 4.69) is 36.5 Å². The van der Waals surface area contributed by atoms with Crippen LogP contribution >= 0.6 is 0 Å². The molecule has 0 fully saturated rings. The van der Waals surface area contributed by atoms with Crippen molar-refractivity contribution in [3.63, 3.8) is 0 Å². The summed E-state index contributed by atoms with van der Waals surface area (Å²) in [6, 6.07) is 8.15. The number of nitrogens with one attached hydrogen (secondary N) is 1. The van der Waals surface area contributed by atoms with Gasteiger partial charge in [0.25, 0.3) is 0 Å². The highest BCUT2D eigenvalue weighted by Gasteiger charge is 2.23. The van der Waals surface area contributed by atoms with E-state index in [1.165, 1.54) is 5.56 Å². The second-order valence-corrected chi connectivity index (χ2v) is 7.07. The van der Waals surface area contributed by atoms with Crippen molar-refractivity contribution in [2.75, 3.05) is 13.6 Å². The van der Waals surface area contributed by atoms with Gasteiger partial charge >= 0.3 is 6.03 Å². The number of rotatable bonds is 6. The van der Waals surface area contributed by atoms with E-state index in [4.69, 9.17) is 0 Å². The average molecular weight is 306 g/mol. The molecule has 0 aliphatic carbocycles. The summed E-state index contributed by atoms with van der Waals surface area (Å²) in [5.74, 6) is 0. The molecular formula is C18H30N2O2. The Bertz CT molecular complexity index is 480. The Labute approximate surface area is 134 Å². The largest absolute Gasteiger partial charge is 0.393 e. The first-order chi connectivity index (χ1) is 10.1. The number of hydrogen-bond donors (Lipinski definition) is 2. The summed E-state index contributed by atoms with van der Waals surface area (Å²) in [4.78, 5) is 14.0. The van der Waals surface area contributed by atoms with Gasteiger partial charge in [-0.2, -0.15) is 0 Å². The third-order valence-corrected chi connectivity index (χ3v) is 4.03. The molecule has 0 radical (unpaired) electrons. The summed E-state index contributed by atoms with van der Waals surface area (Å²) in [6.45, 7) is 10.5. The van der Waals surface area contributed by atoms with Gasteiger partial charge in [0.1, 0.15) is 0 Å². The highest BCUT2D eigenvalue weighted by Crippen LogP contribution is 2.22. The molecule has 124 valence electrons. The van der Waals surface area contributed by atoms with Gasteiger partial charge in [-0.25, -0.2) is 4.79 Å². The van der Waals surface area contributed by atoms with Crippen LogP contribution in [0.1, 0.15) is 51.3 Å². The monoisotopic (exact) mass is 306 g/mol. The molecule has 0 aliphatic rings. The number of benzene rings is 1. The molecule has 0 bridgehead atoms. The highest BCUT2D eigenvalue weighted by molar-refractivity contribution is 5.74. The first kappa shape index (κ1) is 18.5. The topological polar surface area (TPSA) is 52.6 Å². The van der Waals surface area contributed by atoms with E-state index in [9.17, 15) is 9.90 Å². The van der Waals surface area contributed by atoms with Gasteiger partial charge < -0.3 is 15.3 Å². The van der Waals surface area contributed by atoms with Crippen molar-refractivity contribution in [2.24, 2.45) is 5.41 Å². The van der Waals surface area contributed by atoms with Gasteiger partial charge in [0, 0.05) is 13.6 Å². The Morgan fingerprint density at radius 3 is 2.32 bits per heavy atom. The van der Waals surface area contributed by atoms with Crippen LogP contribution in [0, 0.1) is 12.3 Å². The van der Waals surface area contributed by atoms with Gasteiger partial charge in [-0.1, -0.05) is 43.7 Å². The van der Waals surface area contributed by atoms with Crippen LogP contribution < -0.4 is 5.32 Å². The summed E-state index contributed by atoms with van der Waals surface area (Å²) in [5, 5.41) is 12.5. The second-order valence-electron chi connectivity index (χ2n) is 7.07. The van der Waals surface area contributed by atoms with Crippen LogP contribution in [-0.4, -0.2) is 35.7 Å². The minimum atomic E-state index is -0.365. The molecule has 0 spiro atoms. The Kier molecular flexibility index (Phi) is 6.42. The number of carbonyl (C=O) groups is 1. The maximum absolute atomic E-state index is 12.3. The zero-order valence-electron chi connectivity index (χ0n) is 14.7. The Balaban J connectivity index is 2.59. The van der Waals surface area contributed by atoms with Crippen molar-refractivity contribution in [2.45, 2.75) is 53.2 Å². The fourth-order valence-corrected chi connectivity index (χ4v) is 2.56. The van der Waals surface area contributed by atoms with E-state index in [1.807, 2.05) is 27.8 Å². The number of aliphatic hydroxyl groups excluding tert-OH is 1. The quantitative estimate of drug-likeness (QED) is 0.845. The summed E-state index contributed by atoms with van der Waals surface area (Å²) in [6.07, 6.45) is 0.293. The zero-order chi connectivity index (χ0) is 16.9. The third-order valence-electron chi connectivity index (χ3n) is 4.03. The van der Waals surface area contributed by atoms with E-state index < -0.39 is 0 Å². The molecule has 0 saturated carbocycles. The summed E-state index contributed by atoms with van der Waals surface area (Å²) < 4.78 is 0. The van der Waals surface area contributed by atoms with Gasteiger partial charge in [-0.15, -0.1) is 0 Å². The van der Waals surface area contributed by atoms with Crippen LogP contribution in [-0.2, 0) is 0 Å². The van der Waals surface area contributed by atoms with Crippen LogP contribution in [0.2, 0.25) is 0 Å². The molecule has 0 saturated heterocycles. The lowest BCUT2D eigenvalue weighted by molar-refractivity contribution is 0.126. The van der Waals surface area contributed by atoms with Crippen molar-refractivity contribution >= 4 is 6.03 Å². The molecule has 2 unspecified atom stereocenters. The van der Waals surface area contributed by atoms with Crippen molar-refractivity contribution in [3.05, 3.63) is 35.4 Å². The molecule has 0 heterocycles. The van der Waals surface area contributed by atoms with Crippen molar-refractivity contribution in [1.82, 2.24) is 10.2 Å². The Morgan fingerprint density at radius 1 is 1.27 bits per heavy atom. The summed E-state index contributed by atoms with van der Waals surface area (Å²) >= 11 is 0. The van der Waals surface area contributed by atoms with E-state index >= 15 is 0 Å². The second kappa shape index (κ2) is 7.63. The number of amides is 2. The SMILES string of the molecule is Cc1ccc(C(C)N(C)C(=O)NCC(C)(C)CC(C)O)cc1. The van der Waals surface area contributed by atoms with Gasteiger partial charge in [-0.3, -0.25) is 0 Å². The number of aryl methyl sites for hydroxylation is 1. The summed E-state index contributed by atoms with van der Waals surface area (Å²) in [7, 11) is 1.81. The molecule has 1 rings (SSSR count). The molecule has 2 atom stereocenters. The van der Waals surface area contributed by atoms with Crippen LogP contribution in [0.15, 0.2) is 24.3 Å². The molecule has 4 nitrogen and oxygen atoms in total. The fourth-order valence-electron chi connectivity index (χ4n) is 2.56. The maximum Gasteiger partial charge on any atom is 0.317 e. The highest BCUT2D eigenvalue weighted by atomic mass is 16.3. The molecule has 2 amide bonds. The van der Waals surface area contributed by atoms with Gasteiger partial charge in [0.05, 0.1) is 12.1 Å². The predicted molar refractivity (Wildman–Crippen MR) is 90.8 cm³/mol. The zero-order valence-corrected chi connectivity index (χ0v) is 14.7. The van der Waals surface area contributed by atoms with Crippen LogP contribution in [0.25, 0.3) is 0 Å². The van der Waals surface area contributed by atoms with E-state index in [0.717, 1.165) is 5.56 Å². The van der Waals surface area contributed by atoms with Crippen molar-refractivity contribution in [3.8, 4) is 0 Å². The lowest BCUT2D eigenvalue weighted by atomic mass is 9.87. The van der Waals surface area contributed by atoms with Crippen LogP contribution in [0.3, 0.4) is 0 Å². The predicted octanol–water partition coefficient (Wildman–Crippen LogP) is 3.49. The Hall–Kier alpha value is -1.55. The lowest BCUT2D eigenvalue weighted by Gasteiger charge is -2.30. The molecule has 22 heavy (non-hydrogen) atoms. The maximum atomic E-state index is 12.3. The molecule has 0 aliphatic heterocycles. The first-order valence-corrected chi connectivity index (χ1v) is 7.87. The minimum absolute atomic E-state index is 0.0143. The molecule has 1 aromatic carbocycles.